The van der Waals surface area contributed by atoms with Crippen molar-refractivity contribution in [3.8, 4) is 62.2 Å². The molecular weight excluding hydrogens is 657 g/mol. The van der Waals surface area contributed by atoms with E-state index in [1.807, 2.05) is 78.9 Å². The first-order valence-corrected chi connectivity index (χ1v) is 17.8. The lowest BCUT2D eigenvalue weighted by Crippen LogP contribution is -2.02. The van der Waals surface area contributed by atoms with Crippen LogP contribution in [0.15, 0.2) is 195 Å². The minimum Gasteiger partial charge on any atom is -0.208 e. The van der Waals surface area contributed by atoms with Crippen LogP contribution in [0.3, 0.4) is 0 Å². The van der Waals surface area contributed by atoms with Crippen molar-refractivity contribution in [1.82, 2.24) is 15.0 Å². The van der Waals surface area contributed by atoms with Gasteiger partial charge in [0.15, 0.2) is 17.5 Å². The molecule has 0 atom stereocenters. The number of benzene rings is 7. The van der Waals surface area contributed by atoms with E-state index in [0.29, 0.717) is 23.0 Å². The van der Waals surface area contributed by atoms with Crippen molar-refractivity contribution in [1.29, 1.82) is 5.26 Å². The van der Waals surface area contributed by atoms with E-state index >= 15 is 0 Å². The highest BCUT2D eigenvalue weighted by molar-refractivity contribution is 6.05. The molecule has 0 saturated heterocycles. The monoisotopic (exact) mass is 690 g/mol. The Morgan fingerprint density at radius 3 is 1.48 bits per heavy atom. The zero-order valence-electron chi connectivity index (χ0n) is 29.5. The summed E-state index contributed by atoms with van der Waals surface area (Å²) in [4.78, 5) is 15.0. The molecule has 1 heterocycles. The van der Waals surface area contributed by atoms with E-state index in [1.54, 1.807) is 6.08 Å². The molecule has 0 fully saturated rings. The molecule has 8 aromatic rings. The maximum Gasteiger partial charge on any atom is 0.164 e. The third kappa shape index (κ3) is 7.16. The molecule has 4 nitrogen and oxygen atoms in total. The van der Waals surface area contributed by atoms with Crippen molar-refractivity contribution in [3.05, 3.63) is 212 Å². The summed E-state index contributed by atoms with van der Waals surface area (Å²) in [6, 6.07) is 60.0. The largest absolute Gasteiger partial charge is 0.208 e. The van der Waals surface area contributed by atoms with E-state index in [1.165, 1.54) is 0 Å². The van der Waals surface area contributed by atoms with E-state index in [4.69, 9.17) is 15.0 Å². The number of hydrogen-bond donors (Lipinski definition) is 0. The second-order valence-electron chi connectivity index (χ2n) is 12.8. The summed E-state index contributed by atoms with van der Waals surface area (Å²) in [6.07, 6.45) is 7.81. The van der Waals surface area contributed by atoms with E-state index < -0.39 is 0 Å². The standard InChI is InChI=1S/C50H34N4/c1-2-37(17-11-14-35-12-5-3-6-13-35)48-52-49(42-28-24-39(25-29-42)38-15-7-4-8-16-38)54-50(53-48)43-30-26-41(27-31-43)45-33-32-44(46-18-9-10-19-47(45)46)40-22-20-36(34-51)21-23-40/h2-33H,1H2/b14-11+,37-17+. The van der Waals surface area contributed by atoms with Gasteiger partial charge in [-0.1, -0.05) is 189 Å². The molecule has 4 heteroatoms. The molecule has 0 radical (unpaired) electrons. The van der Waals surface area contributed by atoms with Gasteiger partial charge in [-0.15, -0.1) is 0 Å². The van der Waals surface area contributed by atoms with Crippen LogP contribution in [0, 0.1) is 11.3 Å². The van der Waals surface area contributed by atoms with Gasteiger partial charge in [-0.2, -0.15) is 5.26 Å². The van der Waals surface area contributed by atoms with E-state index in [-0.39, 0.29) is 0 Å². The summed E-state index contributed by atoms with van der Waals surface area (Å²) >= 11 is 0. The summed E-state index contributed by atoms with van der Waals surface area (Å²) < 4.78 is 0. The SMILES string of the molecule is C=C/C(=C\C=C\c1ccccc1)c1nc(-c2ccc(-c3ccccc3)cc2)nc(-c2ccc(-c3ccc(-c4ccc(C#N)cc4)c4ccccc34)cc2)n1. The van der Waals surface area contributed by atoms with Gasteiger partial charge in [-0.3, -0.25) is 0 Å². The average molecular weight is 691 g/mol. The lowest BCUT2D eigenvalue weighted by molar-refractivity contribution is 1.04. The van der Waals surface area contributed by atoms with Gasteiger partial charge < -0.3 is 0 Å². The molecule has 1 aromatic heterocycles. The summed E-state index contributed by atoms with van der Waals surface area (Å²) in [5, 5.41) is 11.6. The number of nitrogens with zero attached hydrogens (tertiary/aromatic N) is 4. The fraction of sp³-hybridized carbons (Fsp3) is 0. The van der Waals surface area contributed by atoms with Crippen LogP contribution in [0.1, 0.15) is 17.0 Å². The fourth-order valence-corrected chi connectivity index (χ4v) is 6.59. The summed E-state index contributed by atoms with van der Waals surface area (Å²) in [6.45, 7) is 4.10. The maximum atomic E-state index is 9.28. The highest BCUT2D eigenvalue weighted by atomic mass is 15.0. The molecule has 0 saturated carbocycles. The van der Waals surface area contributed by atoms with Crippen LogP contribution in [0.2, 0.25) is 0 Å². The minimum absolute atomic E-state index is 0.545. The van der Waals surface area contributed by atoms with Crippen LogP contribution in [-0.4, -0.2) is 15.0 Å². The van der Waals surface area contributed by atoms with Crippen LogP contribution in [0.5, 0.6) is 0 Å². The van der Waals surface area contributed by atoms with Gasteiger partial charge >= 0.3 is 0 Å². The normalized spacial score (nSPS) is 11.4. The van der Waals surface area contributed by atoms with Crippen LogP contribution in [0.4, 0.5) is 0 Å². The Bertz CT molecular complexity index is 2690. The molecule has 54 heavy (non-hydrogen) atoms. The molecule has 0 N–H and O–H groups in total. The lowest BCUT2D eigenvalue weighted by atomic mass is 9.91. The molecule has 0 spiro atoms. The highest BCUT2D eigenvalue weighted by Gasteiger charge is 2.14. The Hall–Kier alpha value is -7.48. The molecule has 0 aliphatic heterocycles. The molecule has 0 bridgehead atoms. The zero-order chi connectivity index (χ0) is 36.7. The number of aromatic nitrogens is 3. The van der Waals surface area contributed by atoms with Crippen molar-refractivity contribution in [2.24, 2.45) is 0 Å². The smallest absolute Gasteiger partial charge is 0.164 e. The minimum atomic E-state index is 0.545. The molecule has 8 rings (SSSR count). The van der Waals surface area contributed by atoms with Gasteiger partial charge in [0.2, 0.25) is 0 Å². The Morgan fingerprint density at radius 2 is 0.944 bits per heavy atom. The van der Waals surface area contributed by atoms with Gasteiger partial charge in [0, 0.05) is 16.7 Å². The zero-order valence-corrected chi connectivity index (χ0v) is 29.5. The lowest BCUT2D eigenvalue weighted by Gasteiger charge is -2.13. The highest BCUT2D eigenvalue weighted by Crippen LogP contribution is 2.36. The Kier molecular flexibility index (Phi) is 9.60. The molecule has 0 aliphatic carbocycles. The van der Waals surface area contributed by atoms with Crippen molar-refractivity contribution < 1.29 is 0 Å². The number of rotatable bonds is 9. The van der Waals surface area contributed by atoms with Gasteiger partial charge in [0.1, 0.15) is 0 Å². The van der Waals surface area contributed by atoms with Crippen LogP contribution in [-0.2, 0) is 0 Å². The van der Waals surface area contributed by atoms with Crippen LogP contribution < -0.4 is 0 Å². The number of nitriles is 1. The fourth-order valence-electron chi connectivity index (χ4n) is 6.59. The number of hydrogen-bond acceptors (Lipinski definition) is 4. The first-order chi connectivity index (χ1) is 26.7. The molecule has 0 amide bonds. The average Bonchev–Trinajstić information content (AvgIpc) is 3.25. The molecular formula is C50H34N4. The predicted octanol–water partition coefficient (Wildman–Crippen LogP) is 12.5. The van der Waals surface area contributed by atoms with Crippen LogP contribution in [0.25, 0.3) is 78.6 Å². The molecule has 7 aromatic carbocycles. The van der Waals surface area contributed by atoms with E-state index in [2.05, 4.69) is 122 Å². The Balaban J connectivity index is 1.17. The number of fused-ring (bicyclic) bond motifs is 1. The van der Waals surface area contributed by atoms with Gasteiger partial charge in [0.25, 0.3) is 0 Å². The van der Waals surface area contributed by atoms with Crippen molar-refractivity contribution in [2.45, 2.75) is 0 Å². The van der Waals surface area contributed by atoms with Gasteiger partial charge in [-0.25, -0.2) is 15.0 Å². The Morgan fingerprint density at radius 1 is 0.481 bits per heavy atom. The molecule has 254 valence electrons. The van der Waals surface area contributed by atoms with Gasteiger partial charge in [0.05, 0.1) is 11.6 Å². The first kappa shape index (κ1) is 33.7. The van der Waals surface area contributed by atoms with Gasteiger partial charge in [-0.05, 0) is 61.8 Å². The van der Waals surface area contributed by atoms with E-state index in [0.717, 1.165) is 66.4 Å². The van der Waals surface area contributed by atoms with Crippen molar-refractivity contribution in [2.75, 3.05) is 0 Å². The first-order valence-electron chi connectivity index (χ1n) is 17.8. The van der Waals surface area contributed by atoms with Crippen molar-refractivity contribution >= 4 is 22.4 Å². The third-order valence-corrected chi connectivity index (χ3v) is 9.43. The summed E-state index contributed by atoms with van der Waals surface area (Å²) in [5.74, 6) is 1.71. The molecule has 0 unspecified atom stereocenters. The maximum absolute atomic E-state index is 9.28. The van der Waals surface area contributed by atoms with Crippen molar-refractivity contribution in [3.63, 3.8) is 0 Å². The second-order valence-corrected chi connectivity index (χ2v) is 12.8. The third-order valence-electron chi connectivity index (χ3n) is 9.43. The van der Waals surface area contributed by atoms with Crippen LogP contribution >= 0.6 is 0 Å². The molecule has 0 aliphatic rings. The predicted molar refractivity (Wildman–Crippen MR) is 223 cm³/mol. The summed E-state index contributed by atoms with van der Waals surface area (Å²) in [5.41, 5.74) is 11.0. The van der Waals surface area contributed by atoms with E-state index in [9.17, 15) is 5.26 Å². The summed E-state index contributed by atoms with van der Waals surface area (Å²) in [7, 11) is 0. The topological polar surface area (TPSA) is 62.5 Å². The quantitative estimate of drug-likeness (QED) is 0.141. The second kappa shape index (κ2) is 15.4. The number of allylic oxidation sites excluding steroid dienone is 4. The Labute approximate surface area is 315 Å².